The molecule has 0 radical (unpaired) electrons. The van der Waals surface area contributed by atoms with Gasteiger partial charge in [0.1, 0.15) is 11.5 Å². The van der Waals surface area contributed by atoms with Crippen LogP contribution in [-0.2, 0) is 0 Å². The molecule has 1 fully saturated rings. The van der Waals surface area contributed by atoms with E-state index in [0.29, 0.717) is 22.9 Å². The second-order valence-corrected chi connectivity index (χ2v) is 7.61. The molecule has 1 aromatic carbocycles. The van der Waals surface area contributed by atoms with E-state index in [1.54, 1.807) is 17.5 Å². The van der Waals surface area contributed by atoms with Crippen LogP contribution in [0.3, 0.4) is 0 Å². The number of nitrogens with one attached hydrogen (secondary N) is 3. The first-order valence-corrected chi connectivity index (χ1v) is 9.57. The third kappa shape index (κ3) is 3.36. The Morgan fingerprint density at radius 2 is 1.82 bits per heavy atom. The highest BCUT2D eigenvalue weighted by molar-refractivity contribution is 7.17. The molecule has 0 spiro atoms. The van der Waals surface area contributed by atoms with Gasteiger partial charge in [-0.3, -0.25) is 14.4 Å². The number of anilines is 1. The molecule has 1 saturated carbocycles. The van der Waals surface area contributed by atoms with Crippen LogP contribution in [-0.4, -0.2) is 28.9 Å². The number of aromatic nitrogens is 1. The maximum absolute atomic E-state index is 13.2. The van der Waals surface area contributed by atoms with Crippen LogP contribution in [0.5, 0.6) is 0 Å². The van der Waals surface area contributed by atoms with Gasteiger partial charge in [0.2, 0.25) is 0 Å². The Morgan fingerprint density at radius 3 is 2.50 bits per heavy atom. The molecule has 0 bridgehead atoms. The Balaban J connectivity index is 1.42. The SMILES string of the molecule is Nc1cc(C(=O)NC2CCC2NC(=O)c2cc3ccsc3c(=O)[nH]2)ccc1F. The largest absolute Gasteiger partial charge is 0.396 e. The van der Waals surface area contributed by atoms with Gasteiger partial charge < -0.3 is 21.4 Å². The molecule has 9 heteroatoms. The van der Waals surface area contributed by atoms with Crippen molar-refractivity contribution in [3.8, 4) is 0 Å². The van der Waals surface area contributed by atoms with Crippen molar-refractivity contribution in [1.29, 1.82) is 0 Å². The second-order valence-electron chi connectivity index (χ2n) is 6.69. The van der Waals surface area contributed by atoms with Crippen molar-refractivity contribution >= 4 is 38.9 Å². The van der Waals surface area contributed by atoms with Crippen molar-refractivity contribution < 1.29 is 14.0 Å². The quantitative estimate of drug-likeness (QED) is 0.501. The maximum atomic E-state index is 13.2. The molecule has 28 heavy (non-hydrogen) atoms. The summed E-state index contributed by atoms with van der Waals surface area (Å²) in [7, 11) is 0. The number of hydrogen-bond donors (Lipinski definition) is 4. The highest BCUT2D eigenvalue weighted by Crippen LogP contribution is 2.22. The summed E-state index contributed by atoms with van der Waals surface area (Å²) < 4.78 is 13.8. The minimum atomic E-state index is -0.582. The van der Waals surface area contributed by atoms with Crippen LogP contribution in [0.2, 0.25) is 0 Å². The molecule has 4 rings (SSSR count). The highest BCUT2D eigenvalue weighted by Gasteiger charge is 2.34. The normalized spacial score (nSPS) is 18.5. The Morgan fingerprint density at radius 1 is 1.11 bits per heavy atom. The standard InChI is InChI=1S/C19H17FN4O3S/c20-11-2-1-10(7-12(11)21)17(25)22-13-3-4-14(13)23-18(26)15-8-9-5-6-28-16(9)19(27)24-15/h1-2,5-8,13-14H,3-4,21H2,(H,22,25)(H,23,26)(H,24,27). The van der Waals surface area contributed by atoms with E-state index >= 15 is 0 Å². The van der Waals surface area contributed by atoms with Gasteiger partial charge >= 0.3 is 0 Å². The summed E-state index contributed by atoms with van der Waals surface area (Å²) in [6.45, 7) is 0. The summed E-state index contributed by atoms with van der Waals surface area (Å²) in [5, 5.41) is 8.17. The molecule has 1 aliphatic rings. The zero-order valence-corrected chi connectivity index (χ0v) is 15.4. The van der Waals surface area contributed by atoms with Crippen LogP contribution in [0.1, 0.15) is 33.7 Å². The van der Waals surface area contributed by atoms with E-state index in [4.69, 9.17) is 5.73 Å². The molecule has 2 amide bonds. The van der Waals surface area contributed by atoms with E-state index in [1.807, 2.05) is 0 Å². The highest BCUT2D eigenvalue weighted by atomic mass is 32.1. The number of halogens is 1. The number of nitrogens with two attached hydrogens (primary N) is 1. The first-order chi connectivity index (χ1) is 13.4. The van der Waals surface area contributed by atoms with E-state index in [9.17, 15) is 18.8 Å². The van der Waals surface area contributed by atoms with Crippen LogP contribution in [0.15, 0.2) is 40.5 Å². The minimum Gasteiger partial charge on any atom is -0.396 e. The predicted molar refractivity (Wildman–Crippen MR) is 105 cm³/mol. The third-order valence-electron chi connectivity index (χ3n) is 4.86. The zero-order valence-electron chi connectivity index (χ0n) is 14.6. The molecule has 0 aliphatic heterocycles. The Kier molecular flexibility index (Phi) is 4.60. The van der Waals surface area contributed by atoms with Crippen molar-refractivity contribution in [2.45, 2.75) is 24.9 Å². The monoisotopic (exact) mass is 400 g/mol. The number of benzene rings is 1. The molecule has 3 aromatic rings. The molecule has 7 nitrogen and oxygen atoms in total. The molecule has 0 saturated heterocycles. The van der Waals surface area contributed by atoms with Gasteiger partial charge in [0.05, 0.1) is 10.4 Å². The lowest BCUT2D eigenvalue weighted by Crippen LogP contribution is -2.58. The van der Waals surface area contributed by atoms with E-state index in [2.05, 4.69) is 15.6 Å². The molecule has 5 N–H and O–H groups in total. The average Bonchev–Trinajstić information content (AvgIpc) is 3.14. The van der Waals surface area contributed by atoms with E-state index in [-0.39, 0.29) is 40.5 Å². The second kappa shape index (κ2) is 7.08. The summed E-state index contributed by atoms with van der Waals surface area (Å²) >= 11 is 1.32. The van der Waals surface area contributed by atoms with Crippen LogP contribution >= 0.6 is 11.3 Å². The number of pyridine rings is 1. The first-order valence-electron chi connectivity index (χ1n) is 8.69. The van der Waals surface area contributed by atoms with Gasteiger partial charge in [-0.1, -0.05) is 0 Å². The van der Waals surface area contributed by atoms with Gasteiger partial charge in [0, 0.05) is 23.0 Å². The number of hydrogen-bond acceptors (Lipinski definition) is 5. The summed E-state index contributed by atoms with van der Waals surface area (Å²) in [5.41, 5.74) is 5.53. The number of carbonyl (C=O) groups excluding carboxylic acids is 2. The average molecular weight is 400 g/mol. The fourth-order valence-corrected chi connectivity index (χ4v) is 3.91. The predicted octanol–water partition coefficient (Wildman–Crippen LogP) is 2.00. The zero-order chi connectivity index (χ0) is 19.8. The minimum absolute atomic E-state index is 0.0983. The maximum Gasteiger partial charge on any atom is 0.268 e. The van der Waals surface area contributed by atoms with Gasteiger partial charge in [0.15, 0.2) is 0 Å². The van der Waals surface area contributed by atoms with Crippen molar-refractivity contribution in [2.24, 2.45) is 0 Å². The molecule has 2 heterocycles. The molecule has 2 aromatic heterocycles. The molecule has 2 atom stereocenters. The lowest BCUT2D eigenvalue weighted by molar-refractivity contribution is 0.0826. The number of amides is 2. The lowest BCUT2D eigenvalue weighted by atomic mass is 9.86. The van der Waals surface area contributed by atoms with Crippen molar-refractivity contribution in [1.82, 2.24) is 15.6 Å². The smallest absolute Gasteiger partial charge is 0.268 e. The number of H-pyrrole nitrogens is 1. The van der Waals surface area contributed by atoms with Gasteiger partial charge in [-0.15, -0.1) is 11.3 Å². The molecular weight excluding hydrogens is 383 g/mol. The van der Waals surface area contributed by atoms with Crippen LogP contribution in [0.25, 0.3) is 10.1 Å². The summed E-state index contributed by atoms with van der Waals surface area (Å²) in [5.74, 6) is -1.37. The van der Waals surface area contributed by atoms with E-state index in [0.717, 1.165) is 6.07 Å². The summed E-state index contributed by atoms with van der Waals surface area (Å²) in [4.78, 5) is 39.4. The van der Waals surface area contributed by atoms with E-state index < -0.39 is 11.7 Å². The molecule has 144 valence electrons. The van der Waals surface area contributed by atoms with Gasteiger partial charge in [0.25, 0.3) is 17.4 Å². The number of fused-ring (bicyclic) bond motifs is 1. The third-order valence-corrected chi connectivity index (χ3v) is 5.79. The Bertz CT molecular complexity index is 1140. The topological polar surface area (TPSA) is 117 Å². The number of rotatable bonds is 4. The summed E-state index contributed by atoms with van der Waals surface area (Å²) in [6.07, 6.45) is 1.40. The molecule has 2 unspecified atom stereocenters. The number of aromatic amines is 1. The number of carbonyl (C=O) groups is 2. The molecule has 1 aliphatic carbocycles. The lowest BCUT2D eigenvalue weighted by Gasteiger charge is -2.37. The van der Waals surface area contributed by atoms with Crippen LogP contribution in [0, 0.1) is 5.82 Å². The van der Waals surface area contributed by atoms with Crippen molar-refractivity contribution in [3.05, 3.63) is 63.1 Å². The van der Waals surface area contributed by atoms with Gasteiger partial charge in [-0.2, -0.15) is 0 Å². The van der Waals surface area contributed by atoms with Gasteiger partial charge in [-0.25, -0.2) is 4.39 Å². The first kappa shape index (κ1) is 18.2. The summed E-state index contributed by atoms with van der Waals surface area (Å²) in [6, 6.07) is 6.69. The Labute approximate surface area is 162 Å². The number of thiophene rings is 1. The van der Waals surface area contributed by atoms with Crippen LogP contribution in [0.4, 0.5) is 10.1 Å². The van der Waals surface area contributed by atoms with Gasteiger partial charge in [-0.05, 0) is 48.6 Å². The number of nitrogen functional groups attached to an aromatic ring is 1. The fourth-order valence-electron chi connectivity index (χ4n) is 3.14. The fraction of sp³-hybridized carbons (Fsp3) is 0.211. The van der Waals surface area contributed by atoms with Crippen molar-refractivity contribution in [2.75, 3.05) is 5.73 Å². The van der Waals surface area contributed by atoms with Crippen LogP contribution < -0.4 is 21.9 Å². The Hall–Kier alpha value is -3.20. The van der Waals surface area contributed by atoms with E-state index in [1.165, 1.54) is 23.5 Å². The van der Waals surface area contributed by atoms with Crippen molar-refractivity contribution in [3.63, 3.8) is 0 Å². The molecular formula is C19H17FN4O3S.